The molecule has 4 aliphatic carbocycles. The standard InChI is InChI=1S/C21H28F2O2.CH2O2/c1-11-7-14-15-9-17(22)16-8-13(24)5-6-20(16,4)21(15,23)18(25)10-19(14,3)12(11)2;2-1-3/h5-6,8,11-12,14-15,17-18,25H,7,9-10H2,1-4H3;1H,(H,2,3)/t11-,12?,14?,15?,17+,18?,19?,20?,21+;/m1./s1. The van der Waals surface area contributed by atoms with Crippen molar-refractivity contribution in [1.29, 1.82) is 0 Å². The number of halogens is 2. The first-order valence-corrected chi connectivity index (χ1v) is 10.0. The second-order valence-corrected chi connectivity index (χ2v) is 9.55. The molecular formula is C22H30F2O4. The van der Waals surface area contributed by atoms with E-state index in [0.717, 1.165) is 6.42 Å². The largest absolute Gasteiger partial charge is 0.483 e. The van der Waals surface area contributed by atoms with Crippen LogP contribution in [0.3, 0.4) is 0 Å². The highest BCUT2D eigenvalue weighted by Crippen LogP contribution is 2.69. The van der Waals surface area contributed by atoms with Crippen LogP contribution in [0.25, 0.3) is 0 Å². The van der Waals surface area contributed by atoms with E-state index >= 15 is 8.78 Å². The molecule has 28 heavy (non-hydrogen) atoms. The maximum Gasteiger partial charge on any atom is 0.290 e. The van der Waals surface area contributed by atoms with Crippen LogP contribution in [0, 0.1) is 34.5 Å². The summed E-state index contributed by atoms with van der Waals surface area (Å²) in [4.78, 5) is 20.1. The number of carboxylic acid groups (broad SMARTS) is 1. The first-order chi connectivity index (χ1) is 13.0. The van der Waals surface area contributed by atoms with Gasteiger partial charge < -0.3 is 10.2 Å². The predicted octanol–water partition coefficient (Wildman–Crippen LogP) is 3.89. The minimum absolute atomic E-state index is 0.0635. The van der Waals surface area contributed by atoms with Gasteiger partial charge in [0.05, 0.1) is 6.10 Å². The van der Waals surface area contributed by atoms with Crippen molar-refractivity contribution in [3.8, 4) is 0 Å². The minimum Gasteiger partial charge on any atom is -0.483 e. The summed E-state index contributed by atoms with van der Waals surface area (Å²) in [5.41, 5.74) is -3.13. The van der Waals surface area contributed by atoms with Gasteiger partial charge in [0, 0.05) is 11.3 Å². The first kappa shape index (κ1) is 21.2. The Morgan fingerprint density at radius 1 is 1.21 bits per heavy atom. The maximum atomic E-state index is 16.7. The zero-order valence-corrected chi connectivity index (χ0v) is 16.9. The van der Waals surface area contributed by atoms with Crippen LogP contribution >= 0.6 is 0 Å². The highest BCUT2D eigenvalue weighted by Gasteiger charge is 2.72. The maximum absolute atomic E-state index is 16.7. The van der Waals surface area contributed by atoms with E-state index < -0.39 is 29.3 Å². The van der Waals surface area contributed by atoms with Crippen molar-refractivity contribution in [3.05, 3.63) is 23.8 Å². The number of ketones is 1. The van der Waals surface area contributed by atoms with E-state index in [2.05, 4.69) is 20.8 Å². The van der Waals surface area contributed by atoms with Crippen molar-refractivity contribution in [2.75, 3.05) is 0 Å². The smallest absolute Gasteiger partial charge is 0.290 e. The number of alkyl halides is 2. The van der Waals surface area contributed by atoms with Crippen molar-refractivity contribution in [2.24, 2.45) is 34.5 Å². The zero-order valence-electron chi connectivity index (χ0n) is 16.9. The molecule has 3 fully saturated rings. The second-order valence-electron chi connectivity index (χ2n) is 9.55. The molecule has 156 valence electrons. The molecule has 0 radical (unpaired) electrons. The van der Waals surface area contributed by atoms with E-state index in [9.17, 15) is 9.90 Å². The fourth-order valence-corrected chi connectivity index (χ4v) is 6.81. The average molecular weight is 396 g/mol. The van der Waals surface area contributed by atoms with Crippen molar-refractivity contribution < 1.29 is 28.6 Å². The summed E-state index contributed by atoms with van der Waals surface area (Å²) >= 11 is 0. The van der Waals surface area contributed by atoms with Gasteiger partial charge in [-0.05, 0) is 67.1 Å². The van der Waals surface area contributed by atoms with Gasteiger partial charge in [-0.3, -0.25) is 9.59 Å². The molecular weight excluding hydrogens is 366 g/mol. The lowest BCUT2D eigenvalue weighted by molar-refractivity contribution is -0.200. The van der Waals surface area contributed by atoms with E-state index in [-0.39, 0.29) is 35.6 Å². The molecule has 0 saturated heterocycles. The van der Waals surface area contributed by atoms with Crippen molar-refractivity contribution in [3.63, 3.8) is 0 Å². The summed E-state index contributed by atoms with van der Waals surface area (Å²) in [7, 11) is 0. The molecule has 0 amide bonds. The molecule has 0 aromatic carbocycles. The minimum atomic E-state index is -1.92. The van der Waals surface area contributed by atoms with E-state index in [1.54, 1.807) is 6.92 Å². The zero-order chi connectivity index (χ0) is 21.1. The fraction of sp³-hybridized carbons (Fsp3) is 0.727. The van der Waals surface area contributed by atoms with Gasteiger partial charge in [0.2, 0.25) is 0 Å². The number of allylic oxidation sites excluding steroid dienone is 4. The van der Waals surface area contributed by atoms with Gasteiger partial charge in [0.1, 0.15) is 6.17 Å². The van der Waals surface area contributed by atoms with Gasteiger partial charge in [-0.2, -0.15) is 0 Å². The van der Waals surface area contributed by atoms with Gasteiger partial charge in [-0.25, -0.2) is 8.78 Å². The predicted molar refractivity (Wildman–Crippen MR) is 101 cm³/mol. The Labute approximate surface area is 164 Å². The lowest BCUT2D eigenvalue weighted by Crippen LogP contribution is -2.68. The van der Waals surface area contributed by atoms with Crippen molar-refractivity contribution in [2.45, 2.75) is 64.9 Å². The molecule has 0 aliphatic heterocycles. The summed E-state index contributed by atoms with van der Waals surface area (Å²) in [6.45, 7) is 7.93. The third kappa shape index (κ3) is 2.56. The van der Waals surface area contributed by atoms with Crippen LogP contribution in [-0.2, 0) is 9.59 Å². The molecule has 2 N–H and O–H groups in total. The number of carbonyl (C=O) groups is 2. The first-order valence-electron chi connectivity index (χ1n) is 10.0. The summed E-state index contributed by atoms with van der Waals surface area (Å²) < 4.78 is 31.8. The summed E-state index contributed by atoms with van der Waals surface area (Å²) in [6.07, 6.45) is 2.97. The normalized spacial score (nSPS) is 51.8. The molecule has 4 aliphatic rings. The summed E-state index contributed by atoms with van der Waals surface area (Å²) in [6, 6.07) is 0. The molecule has 3 saturated carbocycles. The van der Waals surface area contributed by atoms with Crippen molar-refractivity contribution >= 4 is 12.3 Å². The Hall–Kier alpha value is -1.56. The SMILES string of the molecule is CC1[C@H](C)CC2C3C[C@H](F)C4=CC(=O)C=CC4(C)[C@@]3(F)C(O)CC21C.O=CO. The monoisotopic (exact) mass is 396 g/mol. The highest BCUT2D eigenvalue weighted by molar-refractivity contribution is 6.01. The molecule has 0 aromatic rings. The molecule has 0 aromatic heterocycles. The lowest BCUT2D eigenvalue weighted by atomic mass is 9.45. The van der Waals surface area contributed by atoms with Crippen LogP contribution in [0.4, 0.5) is 8.78 Å². The van der Waals surface area contributed by atoms with Crippen LogP contribution in [0.15, 0.2) is 23.8 Å². The molecule has 0 spiro atoms. The molecule has 9 atom stereocenters. The summed E-state index contributed by atoms with van der Waals surface area (Å²) in [5.74, 6) is 0.0615. The quantitative estimate of drug-likeness (QED) is 0.609. The molecule has 0 bridgehead atoms. The van der Waals surface area contributed by atoms with Crippen LogP contribution in [0.2, 0.25) is 0 Å². The van der Waals surface area contributed by atoms with Crippen LogP contribution < -0.4 is 0 Å². The third-order valence-electron chi connectivity index (χ3n) is 8.58. The molecule has 6 heteroatoms. The number of aliphatic hydroxyl groups excluding tert-OH is 1. The van der Waals surface area contributed by atoms with Crippen molar-refractivity contribution in [1.82, 2.24) is 0 Å². The van der Waals surface area contributed by atoms with Crippen LogP contribution in [0.1, 0.15) is 47.0 Å². The average Bonchev–Trinajstić information content (AvgIpc) is 2.84. The van der Waals surface area contributed by atoms with Gasteiger partial charge in [-0.1, -0.05) is 26.8 Å². The van der Waals surface area contributed by atoms with E-state index in [0.29, 0.717) is 18.3 Å². The van der Waals surface area contributed by atoms with E-state index in [1.807, 2.05) is 0 Å². The van der Waals surface area contributed by atoms with Crippen LogP contribution in [-0.4, -0.2) is 40.4 Å². The topological polar surface area (TPSA) is 74.6 Å². The Bertz CT molecular complexity index is 734. The van der Waals surface area contributed by atoms with E-state index in [1.165, 1.54) is 18.2 Å². The van der Waals surface area contributed by atoms with Gasteiger partial charge in [0.25, 0.3) is 6.47 Å². The van der Waals surface area contributed by atoms with Gasteiger partial charge in [0.15, 0.2) is 11.5 Å². The number of aliphatic hydroxyl groups is 1. The number of rotatable bonds is 0. The fourth-order valence-electron chi connectivity index (χ4n) is 6.81. The molecule has 0 heterocycles. The Kier molecular flexibility index (Phi) is 5.10. The Morgan fingerprint density at radius 3 is 2.43 bits per heavy atom. The Morgan fingerprint density at radius 2 is 1.82 bits per heavy atom. The number of hydrogen-bond donors (Lipinski definition) is 2. The number of carbonyl (C=O) groups excluding carboxylic acids is 1. The molecule has 4 rings (SSSR count). The second kappa shape index (κ2) is 6.75. The number of hydrogen-bond acceptors (Lipinski definition) is 3. The molecule has 6 unspecified atom stereocenters. The Balaban J connectivity index is 0.000000706. The lowest BCUT2D eigenvalue weighted by Gasteiger charge is -2.62. The van der Waals surface area contributed by atoms with E-state index in [4.69, 9.17) is 9.90 Å². The van der Waals surface area contributed by atoms with Gasteiger partial charge in [-0.15, -0.1) is 0 Å². The number of fused-ring (bicyclic) bond motifs is 5. The highest BCUT2D eigenvalue weighted by atomic mass is 19.1. The van der Waals surface area contributed by atoms with Gasteiger partial charge >= 0.3 is 0 Å². The molecule has 4 nitrogen and oxygen atoms in total. The summed E-state index contributed by atoms with van der Waals surface area (Å²) in [5, 5.41) is 17.9. The van der Waals surface area contributed by atoms with Crippen LogP contribution in [0.5, 0.6) is 0 Å². The third-order valence-corrected chi connectivity index (χ3v) is 8.58.